The Balaban J connectivity index is 2.18. The van der Waals surface area contributed by atoms with Crippen molar-refractivity contribution in [2.75, 3.05) is 0 Å². The molecule has 0 bridgehead atoms. The van der Waals surface area contributed by atoms with Crippen molar-refractivity contribution in [2.45, 2.75) is 6.92 Å². The molecular formula is C15H11N3O4S. The summed E-state index contributed by atoms with van der Waals surface area (Å²) in [4.78, 5) is 26.4. The van der Waals surface area contributed by atoms with Crippen molar-refractivity contribution in [2.24, 2.45) is 0 Å². The van der Waals surface area contributed by atoms with Crippen LogP contribution in [0, 0.1) is 17.0 Å². The fraction of sp³-hybridized carbons (Fsp3) is 0.0667. The number of hydrogen-bond acceptors (Lipinski definition) is 5. The number of nitro benzene ring substituents is 1. The summed E-state index contributed by atoms with van der Waals surface area (Å²) in [5.74, 6) is -1.05. The largest absolute Gasteiger partial charge is 0.478 e. The lowest BCUT2D eigenvalue weighted by Crippen LogP contribution is -1.92. The van der Waals surface area contributed by atoms with Crippen molar-refractivity contribution >= 4 is 34.0 Å². The lowest BCUT2D eigenvalue weighted by Gasteiger charge is -2.01. The minimum Gasteiger partial charge on any atom is -0.478 e. The van der Waals surface area contributed by atoms with E-state index >= 15 is 0 Å². The summed E-state index contributed by atoms with van der Waals surface area (Å²) in [6.45, 7) is 1.91. The number of hydrogen-bond donors (Lipinski definition) is 1. The molecule has 0 unspecified atom stereocenters. The number of aryl methyl sites for hydroxylation is 1. The van der Waals surface area contributed by atoms with E-state index in [2.05, 4.69) is 4.98 Å². The topological polar surface area (TPSA) is 97.7 Å². The Morgan fingerprint density at radius 3 is 2.70 bits per heavy atom. The monoisotopic (exact) mass is 329 g/mol. The van der Waals surface area contributed by atoms with E-state index in [-0.39, 0.29) is 5.69 Å². The van der Waals surface area contributed by atoms with Crippen molar-refractivity contribution < 1.29 is 14.8 Å². The third-order valence-corrected chi connectivity index (χ3v) is 4.25. The van der Waals surface area contributed by atoms with Crippen LogP contribution in [0.1, 0.15) is 11.4 Å². The molecule has 0 aliphatic carbocycles. The highest BCUT2D eigenvalue weighted by molar-refractivity contribution is 7.15. The number of aromatic nitrogens is 2. The van der Waals surface area contributed by atoms with Crippen molar-refractivity contribution in [3.63, 3.8) is 0 Å². The third-order valence-electron chi connectivity index (χ3n) is 3.31. The van der Waals surface area contributed by atoms with Gasteiger partial charge in [-0.05, 0) is 25.1 Å². The highest BCUT2D eigenvalue weighted by Gasteiger charge is 2.16. The first-order chi connectivity index (χ1) is 11.0. The smallest absolute Gasteiger partial charge is 0.328 e. The van der Waals surface area contributed by atoms with Gasteiger partial charge in [0.25, 0.3) is 5.69 Å². The normalized spacial score (nSPS) is 11.3. The molecule has 1 aromatic carbocycles. The molecule has 1 N–H and O–H groups in total. The molecule has 2 heterocycles. The summed E-state index contributed by atoms with van der Waals surface area (Å²) in [5, 5.41) is 21.6. The van der Waals surface area contributed by atoms with E-state index in [0.717, 1.165) is 16.7 Å². The number of nitrogens with zero attached hydrogens (tertiary/aromatic N) is 3. The summed E-state index contributed by atoms with van der Waals surface area (Å²) in [5.41, 5.74) is 2.85. The van der Waals surface area contributed by atoms with Gasteiger partial charge < -0.3 is 5.11 Å². The maximum atomic E-state index is 10.8. The maximum absolute atomic E-state index is 10.8. The molecule has 8 heteroatoms. The van der Waals surface area contributed by atoms with Crippen LogP contribution in [-0.2, 0) is 4.79 Å². The molecular weight excluding hydrogens is 318 g/mol. The second-order valence-corrected chi connectivity index (χ2v) is 5.65. The Bertz CT molecular complexity index is 938. The van der Waals surface area contributed by atoms with Gasteiger partial charge in [-0.15, -0.1) is 11.3 Å². The van der Waals surface area contributed by atoms with Crippen molar-refractivity contribution in [3.8, 4) is 11.3 Å². The first-order valence-electron chi connectivity index (χ1n) is 6.60. The Kier molecular flexibility index (Phi) is 3.67. The van der Waals surface area contributed by atoms with E-state index in [0.29, 0.717) is 17.0 Å². The van der Waals surface area contributed by atoms with Crippen molar-refractivity contribution in [3.05, 3.63) is 57.2 Å². The molecule has 0 saturated carbocycles. The molecule has 0 atom stereocenters. The number of imidazole rings is 1. The highest BCUT2D eigenvalue weighted by atomic mass is 32.1. The number of rotatable bonds is 4. The second kappa shape index (κ2) is 5.65. The molecule has 116 valence electrons. The third kappa shape index (κ3) is 2.71. The van der Waals surface area contributed by atoms with Gasteiger partial charge in [-0.3, -0.25) is 14.5 Å². The first-order valence-corrected chi connectivity index (χ1v) is 7.47. The summed E-state index contributed by atoms with van der Waals surface area (Å²) >= 11 is 1.45. The van der Waals surface area contributed by atoms with E-state index in [4.69, 9.17) is 5.11 Å². The molecule has 23 heavy (non-hydrogen) atoms. The Morgan fingerprint density at radius 2 is 2.09 bits per heavy atom. The molecule has 0 radical (unpaired) electrons. The molecule has 0 aliphatic rings. The molecule has 0 spiro atoms. The van der Waals surface area contributed by atoms with Gasteiger partial charge in [-0.2, -0.15) is 0 Å². The molecule has 0 saturated heterocycles. The lowest BCUT2D eigenvalue weighted by atomic mass is 10.1. The number of carbonyl (C=O) groups is 1. The number of benzene rings is 1. The first kappa shape index (κ1) is 14.9. The van der Waals surface area contributed by atoms with Crippen LogP contribution in [0.5, 0.6) is 0 Å². The zero-order valence-corrected chi connectivity index (χ0v) is 12.8. The second-order valence-electron chi connectivity index (χ2n) is 4.82. The van der Waals surface area contributed by atoms with Crippen LogP contribution >= 0.6 is 11.3 Å². The molecule has 7 nitrogen and oxygen atoms in total. The van der Waals surface area contributed by atoms with Crippen LogP contribution < -0.4 is 0 Å². The fourth-order valence-electron chi connectivity index (χ4n) is 2.28. The molecule has 0 aliphatic heterocycles. The molecule has 2 aromatic heterocycles. The van der Waals surface area contributed by atoms with Crippen LogP contribution in [0.15, 0.2) is 35.7 Å². The predicted octanol–water partition coefficient (Wildman–Crippen LogP) is 3.38. The van der Waals surface area contributed by atoms with Gasteiger partial charge in [0.2, 0.25) is 0 Å². The average molecular weight is 329 g/mol. The minimum absolute atomic E-state index is 0.00594. The predicted molar refractivity (Wildman–Crippen MR) is 86.6 cm³/mol. The van der Waals surface area contributed by atoms with Crippen LogP contribution in [0.3, 0.4) is 0 Å². The van der Waals surface area contributed by atoms with Crippen LogP contribution in [0.4, 0.5) is 5.69 Å². The average Bonchev–Trinajstić information content (AvgIpc) is 3.05. The van der Waals surface area contributed by atoms with E-state index in [1.165, 1.54) is 29.5 Å². The minimum atomic E-state index is -1.05. The molecule has 0 fully saturated rings. The number of nitro groups is 1. The standard InChI is InChI=1S/C15H11N3O4S/c1-9-8-23-15-16-14(12(17(9)15)6-7-13(19)20)10-2-4-11(5-3-10)18(21)22/h2-8H,1H3,(H,19,20)/b7-6+. The number of thiazole rings is 1. The van der Waals surface area contributed by atoms with Gasteiger partial charge in [0, 0.05) is 34.8 Å². The number of aliphatic carboxylic acids is 1. The van der Waals surface area contributed by atoms with Gasteiger partial charge in [-0.25, -0.2) is 9.78 Å². The van der Waals surface area contributed by atoms with Gasteiger partial charge in [0.15, 0.2) is 4.96 Å². The number of carboxylic acid groups (broad SMARTS) is 1. The fourth-order valence-corrected chi connectivity index (χ4v) is 3.15. The number of non-ortho nitro benzene ring substituents is 1. The van der Waals surface area contributed by atoms with Crippen LogP contribution in [0.2, 0.25) is 0 Å². The van der Waals surface area contributed by atoms with Gasteiger partial charge >= 0.3 is 5.97 Å². The SMILES string of the molecule is Cc1csc2nc(-c3ccc([N+](=O)[O-])cc3)c(/C=C/C(=O)O)n12. The number of fused-ring (bicyclic) bond motifs is 1. The Morgan fingerprint density at radius 1 is 1.39 bits per heavy atom. The van der Waals surface area contributed by atoms with Gasteiger partial charge in [0.1, 0.15) is 0 Å². The van der Waals surface area contributed by atoms with Crippen molar-refractivity contribution in [1.82, 2.24) is 9.38 Å². The molecule has 3 aromatic rings. The van der Waals surface area contributed by atoms with E-state index in [1.54, 1.807) is 12.1 Å². The summed E-state index contributed by atoms with van der Waals surface area (Å²) < 4.78 is 1.86. The Labute approximate surface area is 134 Å². The van der Waals surface area contributed by atoms with Crippen LogP contribution in [0.25, 0.3) is 22.3 Å². The summed E-state index contributed by atoms with van der Waals surface area (Å²) in [7, 11) is 0. The van der Waals surface area contributed by atoms with Gasteiger partial charge in [0.05, 0.1) is 16.3 Å². The Hall–Kier alpha value is -3.00. The number of carboxylic acids is 1. The summed E-state index contributed by atoms with van der Waals surface area (Å²) in [6.07, 6.45) is 2.54. The summed E-state index contributed by atoms with van der Waals surface area (Å²) in [6, 6.07) is 6.02. The maximum Gasteiger partial charge on any atom is 0.328 e. The quantitative estimate of drug-likeness (QED) is 0.449. The van der Waals surface area contributed by atoms with Crippen molar-refractivity contribution in [1.29, 1.82) is 0 Å². The zero-order chi connectivity index (χ0) is 16.6. The van der Waals surface area contributed by atoms with E-state index in [9.17, 15) is 14.9 Å². The lowest BCUT2D eigenvalue weighted by molar-refractivity contribution is -0.384. The van der Waals surface area contributed by atoms with Crippen LogP contribution in [-0.4, -0.2) is 25.4 Å². The highest BCUT2D eigenvalue weighted by Crippen LogP contribution is 2.30. The van der Waals surface area contributed by atoms with E-state index in [1.807, 2.05) is 16.7 Å². The zero-order valence-electron chi connectivity index (χ0n) is 12.0. The van der Waals surface area contributed by atoms with E-state index < -0.39 is 10.9 Å². The molecule has 0 amide bonds. The molecule has 3 rings (SSSR count). The van der Waals surface area contributed by atoms with Gasteiger partial charge in [-0.1, -0.05) is 0 Å².